The van der Waals surface area contributed by atoms with Crippen LogP contribution in [0.2, 0.25) is 0 Å². The first-order valence-electron chi connectivity index (χ1n) is 6.43. The van der Waals surface area contributed by atoms with Crippen LogP contribution in [0.25, 0.3) is 0 Å². The third kappa shape index (κ3) is 3.26. The maximum atomic E-state index is 11.4. The molecule has 0 unspecified atom stereocenters. The largest absolute Gasteiger partial charge is 0.493 e. The molecule has 0 bridgehead atoms. The summed E-state index contributed by atoms with van der Waals surface area (Å²) in [6.45, 7) is 3.80. The smallest absolute Gasteiger partial charge is 0.161 e. The average Bonchev–Trinajstić information content (AvgIpc) is 2.70. The molecule has 0 saturated heterocycles. The van der Waals surface area contributed by atoms with Crippen molar-refractivity contribution in [3.63, 3.8) is 0 Å². The lowest BCUT2D eigenvalue weighted by molar-refractivity contribution is 0.101. The molecule has 1 aromatic carbocycles. The minimum Gasteiger partial charge on any atom is -0.493 e. The molecule has 0 spiro atoms. The number of halogens is 1. The van der Waals surface area contributed by atoms with Gasteiger partial charge >= 0.3 is 0 Å². The molecule has 2 rings (SSSR count). The predicted molar refractivity (Wildman–Crippen MR) is 83.0 cm³/mol. The van der Waals surface area contributed by atoms with Gasteiger partial charge in [-0.2, -0.15) is 5.10 Å². The van der Waals surface area contributed by atoms with Gasteiger partial charge in [-0.15, -0.1) is 0 Å². The van der Waals surface area contributed by atoms with Crippen molar-refractivity contribution < 1.29 is 14.3 Å². The van der Waals surface area contributed by atoms with Crippen LogP contribution in [0.4, 0.5) is 0 Å². The van der Waals surface area contributed by atoms with Gasteiger partial charge in [0.25, 0.3) is 0 Å². The fourth-order valence-corrected chi connectivity index (χ4v) is 2.44. The van der Waals surface area contributed by atoms with Crippen LogP contribution in [0.15, 0.2) is 22.7 Å². The molecule has 0 atom stereocenters. The van der Waals surface area contributed by atoms with Gasteiger partial charge in [0.1, 0.15) is 6.61 Å². The highest BCUT2D eigenvalue weighted by atomic mass is 79.9. The highest BCUT2D eigenvalue weighted by molar-refractivity contribution is 9.10. The molecule has 6 heteroatoms. The normalized spacial score (nSPS) is 10.5. The summed E-state index contributed by atoms with van der Waals surface area (Å²) in [6, 6.07) is 5.15. The molecule has 0 saturated carbocycles. The maximum Gasteiger partial charge on any atom is 0.161 e. The summed E-state index contributed by atoms with van der Waals surface area (Å²) in [7, 11) is 3.42. The SMILES string of the molecule is COc1cc(C(C)=O)ccc1OCc1c(Br)c(C)nn1C. The molecule has 0 aliphatic heterocycles. The second-order valence-electron chi connectivity index (χ2n) is 4.68. The highest BCUT2D eigenvalue weighted by Crippen LogP contribution is 2.30. The van der Waals surface area contributed by atoms with E-state index in [1.165, 1.54) is 6.92 Å². The van der Waals surface area contributed by atoms with Gasteiger partial charge in [-0.1, -0.05) is 0 Å². The molecule has 0 aliphatic carbocycles. The number of carbonyl (C=O) groups is 1. The minimum absolute atomic E-state index is 0.00939. The Balaban J connectivity index is 2.22. The summed E-state index contributed by atoms with van der Waals surface area (Å²) in [5, 5.41) is 4.32. The summed E-state index contributed by atoms with van der Waals surface area (Å²) in [4.78, 5) is 11.4. The molecule has 0 aliphatic rings. The van der Waals surface area contributed by atoms with Crippen molar-refractivity contribution in [2.75, 3.05) is 7.11 Å². The van der Waals surface area contributed by atoms with E-state index in [1.807, 2.05) is 14.0 Å². The number of Topliss-reactive ketones (excluding diaryl/α,β-unsaturated/α-hetero) is 1. The molecule has 112 valence electrons. The molecule has 2 aromatic rings. The fraction of sp³-hybridized carbons (Fsp3) is 0.333. The molecule has 0 fully saturated rings. The Labute approximate surface area is 132 Å². The Kier molecular flexibility index (Phi) is 4.67. The molecule has 21 heavy (non-hydrogen) atoms. The van der Waals surface area contributed by atoms with Crippen molar-refractivity contribution in [1.82, 2.24) is 9.78 Å². The van der Waals surface area contributed by atoms with Crippen molar-refractivity contribution in [2.45, 2.75) is 20.5 Å². The van der Waals surface area contributed by atoms with E-state index in [-0.39, 0.29) is 5.78 Å². The zero-order valence-corrected chi connectivity index (χ0v) is 14.0. The second kappa shape index (κ2) is 6.30. The second-order valence-corrected chi connectivity index (χ2v) is 5.47. The summed E-state index contributed by atoms with van der Waals surface area (Å²) < 4.78 is 13.8. The summed E-state index contributed by atoms with van der Waals surface area (Å²) in [5.74, 6) is 1.12. The quantitative estimate of drug-likeness (QED) is 0.774. The lowest BCUT2D eigenvalue weighted by atomic mass is 10.1. The lowest BCUT2D eigenvalue weighted by Crippen LogP contribution is -2.05. The number of nitrogens with zero attached hydrogens (tertiary/aromatic N) is 2. The number of hydrogen-bond acceptors (Lipinski definition) is 4. The number of ether oxygens (including phenoxy) is 2. The van der Waals surface area contributed by atoms with E-state index in [0.29, 0.717) is 23.7 Å². The Morgan fingerprint density at radius 1 is 1.38 bits per heavy atom. The van der Waals surface area contributed by atoms with E-state index in [0.717, 1.165) is 15.9 Å². The average molecular weight is 353 g/mol. The maximum absolute atomic E-state index is 11.4. The number of hydrogen-bond donors (Lipinski definition) is 0. The third-order valence-corrected chi connectivity index (χ3v) is 4.23. The molecular weight excluding hydrogens is 336 g/mol. The van der Waals surface area contributed by atoms with E-state index in [2.05, 4.69) is 21.0 Å². The van der Waals surface area contributed by atoms with Crippen LogP contribution in [0, 0.1) is 6.92 Å². The lowest BCUT2D eigenvalue weighted by Gasteiger charge is -2.12. The van der Waals surface area contributed by atoms with Gasteiger partial charge < -0.3 is 9.47 Å². The Bertz CT molecular complexity index is 680. The van der Waals surface area contributed by atoms with E-state index in [4.69, 9.17) is 9.47 Å². The molecule has 1 aromatic heterocycles. The van der Waals surface area contributed by atoms with E-state index < -0.39 is 0 Å². The molecule has 5 nitrogen and oxygen atoms in total. The first kappa shape index (κ1) is 15.6. The van der Waals surface area contributed by atoms with Crippen LogP contribution >= 0.6 is 15.9 Å². The standard InChI is InChI=1S/C15H17BrN2O3/c1-9-15(16)12(18(3)17-9)8-21-13-6-5-11(10(2)19)7-14(13)20-4/h5-7H,8H2,1-4H3. The third-order valence-electron chi connectivity index (χ3n) is 3.20. The zero-order chi connectivity index (χ0) is 15.6. The highest BCUT2D eigenvalue weighted by Gasteiger charge is 2.13. The van der Waals surface area contributed by atoms with Gasteiger partial charge in [0.05, 0.1) is 23.0 Å². The van der Waals surface area contributed by atoms with Gasteiger partial charge in [-0.05, 0) is 48.0 Å². The summed E-state index contributed by atoms with van der Waals surface area (Å²) >= 11 is 3.50. The first-order valence-corrected chi connectivity index (χ1v) is 7.23. The monoisotopic (exact) mass is 352 g/mol. The fourth-order valence-electron chi connectivity index (χ4n) is 1.99. The van der Waals surface area contributed by atoms with E-state index in [9.17, 15) is 4.79 Å². The van der Waals surface area contributed by atoms with Crippen LogP contribution < -0.4 is 9.47 Å². The molecular formula is C15H17BrN2O3. The number of rotatable bonds is 5. The predicted octanol–water partition coefficient (Wildman–Crippen LogP) is 3.28. The van der Waals surface area contributed by atoms with Gasteiger partial charge in [0, 0.05) is 12.6 Å². The van der Waals surface area contributed by atoms with Crippen molar-refractivity contribution in [3.8, 4) is 11.5 Å². The number of aromatic nitrogens is 2. The topological polar surface area (TPSA) is 53.4 Å². The number of ketones is 1. The number of aryl methyl sites for hydroxylation is 2. The summed E-state index contributed by atoms with van der Waals surface area (Å²) in [6.07, 6.45) is 0. The van der Waals surface area contributed by atoms with Gasteiger partial charge in [-0.25, -0.2) is 0 Å². The van der Waals surface area contributed by atoms with Gasteiger partial charge in [0.15, 0.2) is 17.3 Å². The zero-order valence-electron chi connectivity index (χ0n) is 12.4. The number of methoxy groups -OCH3 is 1. The molecule has 0 N–H and O–H groups in total. The van der Waals surface area contributed by atoms with Crippen molar-refractivity contribution >= 4 is 21.7 Å². The molecule has 0 radical (unpaired) electrons. The van der Waals surface area contributed by atoms with Crippen LogP contribution in [-0.4, -0.2) is 22.7 Å². The minimum atomic E-state index is -0.00939. The van der Waals surface area contributed by atoms with E-state index >= 15 is 0 Å². The molecule has 0 amide bonds. The Morgan fingerprint density at radius 2 is 2.10 bits per heavy atom. The van der Waals surface area contributed by atoms with Gasteiger partial charge in [-0.3, -0.25) is 9.48 Å². The van der Waals surface area contributed by atoms with Crippen LogP contribution in [0.3, 0.4) is 0 Å². The van der Waals surface area contributed by atoms with Crippen LogP contribution in [-0.2, 0) is 13.7 Å². The molecule has 1 heterocycles. The van der Waals surface area contributed by atoms with Crippen LogP contribution in [0.1, 0.15) is 28.7 Å². The van der Waals surface area contributed by atoms with Crippen molar-refractivity contribution in [3.05, 3.63) is 39.6 Å². The first-order chi connectivity index (χ1) is 9.93. The van der Waals surface area contributed by atoms with Crippen molar-refractivity contribution in [2.24, 2.45) is 7.05 Å². The van der Waals surface area contributed by atoms with Gasteiger partial charge in [0.2, 0.25) is 0 Å². The number of carbonyl (C=O) groups excluding carboxylic acids is 1. The van der Waals surface area contributed by atoms with Crippen LogP contribution in [0.5, 0.6) is 11.5 Å². The Morgan fingerprint density at radius 3 is 2.62 bits per heavy atom. The van der Waals surface area contributed by atoms with Crippen molar-refractivity contribution in [1.29, 1.82) is 0 Å². The van der Waals surface area contributed by atoms with E-state index in [1.54, 1.807) is 30.0 Å². The number of benzene rings is 1. The summed E-state index contributed by atoms with van der Waals surface area (Å²) in [5.41, 5.74) is 2.44. The Hall–Kier alpha value is -1.82.